The summed E-state index contributed by atoms with van der Waals surface area (Å²) in [6.07, 6.45) is 54.6. The van der Waals surface area contributed by atoms with Gasteiger partial charge in [-0.1, -0.05) is 277 Å². The van der Waals surface area contributed by atoms with Gasteiger partial charge in [-0.15, -0.1) is 0 Å². The molecule has 398 valence electrons. The topological polar surface area (TPSA) is 172 Å². The molecule has 67 heavy (non-hydrogen) atoms. The molecule has 0 saturated heterocycles. The van der Waals surface area contributed by atoms with Crippen LogP contribution < -0.4 is 5.73 Å². The molecule has 11 nitrogen and oxygen atoms in total. The van der Waals surface area contributed by atoms with Gasteiger partial charge in [0, 0.05) is 12.8 Å². The summed E-state index contributed by atoms with van der Waals surface area (Å²) < 4.78 is 33.0. The van der Waals surface area contributed by atoms with Crippen molar-refractivity contribution in [1.82, 2.24) is 0 Å². The van der Waals surface area contributed by atoms with Crippen LogP contribution in [0.5, 0.6) is 0 Å². The van der Waals surface area contributed by atoms with Gasteiger partial charge in [0.05, 0.1) is 13.2 Å². The van der Waals surface area contributed by atoms with Crippen LogP contribution in [0.1, 0.15) is 303 Å². The van der Waals surface area contributed by atoms with E-state index in [-0.39, 0.29) is 19.4 Å². The summed E-state index contributed by atoms with van der Waals surface area (Å²) in [7, 11) is -4.72. The quantitative estimate of drug-likeness (QED) is 0.0301. The predicted octanol–water partition coefficient (Wildman–Crippen LogP) is 16.6. The standard InChI is InChI=1S/C55H108NO10P/c1-3-5-7-9-11-13-15-17-19-21-23-25-26-27-29-31-33-35-37-39-41-43-45-47-54(58)66-51(49-64-67(61,62)65-50-52(56)55(59)60)48-63-53(57)46-44-42-40-38-36-34-32-30-28-24-22-20-18-16-14-12-10-8-6-4-2/h51-52H,3-50,56H2,1-2H3,(H,59,60)(H,61,62)/t51-,52+/m1/s1. The van der Waals surface area contributed by atoms with E-state index < -0.39 is 51.1 Å². The van der Waals surface area contributed by atoms with E-state index in [1.807, 2.05) is 0 Å². The predicted molar refractivity (Wildman–Crippen MR) is 277 cm³/mol. The molecule has 0 aromatic carbocycles. The number of rotatable bonds is 55. The molecule has 0 saturated carbocycles. The summed E-state index contributed by atoms with van der Waals surface area (Å²) >= 11 is 0. The Balaban J connectivity index is 4.11. The summed E-state index contributed by atoms with van der Waals surface area (Å²) in [5, 5.41) is 8.94. The number of nitrogens with two attached hydrogens (primary N) is 1. The number of ether oxygens (including phenoxy) is 2. The van der Waals surface area contributed by atoms with Crippen LogP contribution in [-0.4, -0.2) is 59.9 Å². The highest BCUT2D eigenvalue weighted by Gasteiger charge is 2.28. The maximum absolute atomic E-state index is 12.7. The second-order valence-electron chi connectivity index (χ2n) is 19.8. The van der Waals surface area contributed by atoms with Crippen molar-refractivity contribution in [2.45, 2.75) is 315 Å². The maximum Gasteiger partial charge on any atom is 0.472 e. The van der Waals surface area contributed by atoms with Crippen LogP contribution in [0.25, 0.3) is 0 Å². The van der Waals surface area contributed by atoms with Crippen LogP contribution >= 0.6 is 7.82 Å². The number of carboxylic acid groups (broad SMARTS) is 1. The van der Waals surface area contributed by atoms with Crippen molar-refractivity contribution in [2.75, 3.05) is 19.8 Å². The summed E-state index contributed by atoms with van der Waals surface area (Å²) in [5.41, 5.74) is 5.37. The molecule has 0 spiro atoms. The molecule has 0 fully saturated rings. The molecule has 3 atom stereocenters. The number of carboxylic acids is 1. The Labute approximate surface area is 412 Å². The fraction of sp³-hybridized carbons (Fsp3) is 0.945. The summed E-state index contributed by atoms with van der Waals surface area (Å²) in [6, 6.07) is -1.52. The van der Waals surface area contributed by atoms with Crippen molar-refractivity contribution < 1.29 is 47.5 Å². The van der Waals surface area contributed by atoms with Crippen LogP contribution in [0, 0.1) is 0 Å². The number of aliphatic carboxylic acids is 1. The van der Waals surface area contributed by atoms with E-state index in [4.69, 9.17) is 29.4 Å². The van der Waals surface area contributed by atoms with E-state index >= 15 is 0 Å². The third kappa shape index (κ3) is 50.7. The molecule has 0 aliphatic carbocycles. The van der Waals surface area contributed by atoms with E-state index in [1.165, 1.54) is 225 Å². The first-order valence-electron chi connectivity index (χ1n) is 28.6. The first-order valence-corrected chi connectivity index (χ1v) is 30.1. The fourth-order valence-electron chi connectivity index (χ4n) is 8.66. The highest BCUT2D eigenvalue weighted by molar-refractivity contribution is 7.47. The molecular formula is C55H108NO10P. The number of esters is 2. The van der Waals surface area contributed by atoms with Gasteiger partial charge < -0.3 is 25.2 Å². The van der Waals surface area contributed by atoms with Crippen LogP contribution in [0.2, 0.25) is 0 Å². The highest BCUT2D eigenvalue weighted by atomic mass is 31.2. The molecule has 12 heteroatoms. The second-order valence-corrected chi connectivity index (χ2v) is 21.2. The first kappa shape index (κ1) is 65.5. The Bertz CT molecular complexity index is 1140. The number of phosphoric ester groups is 1. The Morgan fingerprint density at radius 3 is 0.940 bits per heavy atom. The lowest BCUT2D eigenvalue weighted by molar-refractivity contribution is -0.161. The third-order valence-corrected chi connectivity index (χ3v) is 14.1. The van der Waals surface area contributed by atoms with Gasteiger partial charge in [0.25, 0.3) is 0 Å². The van der Waals surface area contributed by atoms with E-state index in [0.717, 1.165) is 38.5 Å². The van der Waals surface area contributed by atoms with Crippen LogP contribution in [0.4, 0.5) is 0 Å². The van der Waals surface area contributed by atoms with Gasteiger partial charge in [-0.3, -0.25) is 23.4 Å². The molecule has 0 rings (SSSR count). The van der Waals surface area contributed by atoms with Crippen LogP contribution in [0.15, 0.2) is 0 Å². The van der Waals surface area contributed by atoms with Crippen molar-refractivity contribution >= 4 is 25.7 Å². The Morgan fingerprint density at radius 2 is 0.657 bits per heavy atom. The average Bonchev–Trinajstić information content (AvgIpc) is 3.31. The number of unbranched alkanes of at least 4 members (excludes halogenated alkanes) is 41. The summed E-state index contributed by atoms with van der Waals surface area (Å²) in [5.74, 6) is -2.34. The average molecular weight is 974 g/mol. The number of phosphoric acid groups is 1. The van der Waals surface area contributed by atoms with Crippen molar-refractivity contribution in [3.63, 3.8) is 0 Å². The van der Waals surface area contributed by atoms with E-state index in [2.05, 4.69) is 13.8 Å². The van der Waals surface area contributed by atoms with Crippen LogP contribution in [-0.2, 0) is 37.5 Å². The number of carbonyl (C=O) groups excluding carboxylic acids is 2. The lowest BCUT2D eigenvalue weighted by atomic mass is 10.0. The minimum absolute atomic E-state index is 0.170. The lowest BCUT2D eigenvalue weighted by Crippen LogP contribution is -2.34. The van der Waals surface area contributed by atoms with E-state index in [1.54, 1.807) is 0 Å². The molecule has 0 aliphatic rings. The smallest absolute Gasteiger partial charge is 0.472 e. The number of hydrogen-bond acceptors (Lipinski definition) is 9. The molecule has 0 heterocycles. The molecule has 1 unspecified atom stereocenters. The van der Waals surface area contributed by atoms with Crippen molar-refractivity contribution in [2.24, 2.45) is 5.73 Å². The van der Waals surface area contributed by atoms with E-state index in [0.29, 0.717) is 12.8 Å². The molecule has 0 aliphatic heterocycles. The van der Waals surface area contributed by atoms with Gasteiger partial charge in [0.2, 0.25) is 0 Å². The van der Waals surface area contributed by atoms with Gasteiger partial charge in [-0.25, -0.2) is 4.57 Å². The first-order chi connectivity index (χ1) is 32.6. The number of carbonyl (C=O) groups is 3. The minimum atomic E-state index is -4.72. The highest BCUT2D eigenvalue weighted by Crippen LogP contribution is 2.43. The third-order valence-electron chi connectivity index (χ3n) is 13.1. The Kier molecular flexibility index (Phi) is 49.7. The summed E-state index contributed by atoms with van der Waals surface area (Å²) in [6.45, 7) is 2.89. The zero-order valence-electron chi connectivity index (χ0n) is 43.8. The van der Waals surface area contributed by atoms with Gasteiger partial charge in [0.1, 0.15) is 12.6 Å². The van der Waals surface area contributed by atoms with E-state index in [9.17, 15) is 23.8 Å². The largest absolute Gasteiger partial charge is 0.480 e. The van der Waals surface area contributed by atoms with Gasteiger partial charge in [-0.2, -0.15) is 0 Å². The normalized spacial score (nSPS) is 13.4. The van der Waals surface area contributed by atoms with Gasteiger partial charge >= 0.3 is 25.7 Å². The molecule has 0 aromatic rings. The second kappa shape index (κ2) is 50.9. The fourth-order valence-corrected chi connectivity index (χ4v) is 9.44. The Hall–Kier alpha value is -1.52. The molecule has 0 amide bonds. The molecular weight excluding hydrogens is 866 g/mol. The van der Waals surface area contributed by atoms with Crippen molar-refractivity contribution in [1.29, 1.82) is 0 Å². The SMILES string of the molecule is CCCCCCCCCCCCCCCCCCCCCCCCCC(=O)O[C@H](COC(=O)CCCCCCCCCCCCCCCCCCCCCC)COP(=O)(O)OC[C@H](N)C(=O)O. The molecule has 0 radical (unpaired) electrons. The van der Waals surface area contributed by atoms with Crippen LogP contribution in [0.3, 0.4) is 0 Å². The van der Waals surface area contributed by atoms with Gasteiger partial charge in [-0.05, 0) is 12.8 Å². The minimum Gasteiger partial charge on any atom is -0.480 e. The summed E-state index contributed by atoms with van der Waals surface area (Å²) in [4.78, 5) is 46.3. The molecule has 0 bridgehead atoms. The van der Waals surface area contributed by atoms with Crippen molar-refractivity contribution in [3.8, 4) is 0 Å². The maximum atomic E-state index is 12.7. The zero-order valence-corrected chi connectivity index (χ0v) is 44.7. The van der Waals surface area contributed by atoms with Gasteiger partial charge in [0.15, 0.2) is 6.10 Å². The lowest BCUT2D eigenvalue weighted by Gasteiger charge is -2.20. The monoisotopic (exact) mass is 974 g/mol. The zero-order chi connectivity index (χ0) is 49.2. The molecule has 0 aromatic heterocycles. The molecule has 4 N–H and O–H groups in total. The number of hydrogen-bond donors (Lipinski definition) is 3. The Morgan fingerprint density at radius 1 is 0.403 bits per heavy atom. The van der Waals surface area contributed by atoms with Crippen molar-refractivity contribution in [3.05, 3.63) is 0 Å².